The molecule has 53 nitrogen and oxygen atoms in total. The van der Waals surface area contributed by atoms with Crippen LogP contribution in [0.5, 0.6) is 0 Å². The van der Waals surface area contributed by atoms with Gasteiger partial charge in [0.2, 0.25) is 11.8 Å². The summed E-state index contributed by atoms with van der Waals surface area (Å²) in [6.07, 6.45) is -48.5. The number of unbranched alkanes of at least 4 members (excludes halogenated alkanes) is 3. The number of carbonyl (C=O) groups excluding carboxylic acids is 9. The molecule has 0 unspecified atom stereocenters. The molecule has 133 heavy (non-hydrogen) atoms. The fraction of sp³-hybridized carbons (Fsp3) is 0.721. The van der Waals surface area contributed by atoms with Crippen LogP contribution >= 0.6 is 11.8 Å². The van der Waals surface area contributed by atoms with Gasteiger partial charge in [0.05, 0.1) is 38.0 Å². The number of carboxylic acids is 6. The fourth-order valence-corrected chi connectivity index (χ4v) is 13.2. The molecule has 6 fully saturated rings. The van der Waals surface area contributed by atoms with Crippen molar-refractivity contribution < 1.29 is 247 Å². The van der Waals surface area contributed by atoms with Gasteiger partial charge in [-0.2, -0.15) is 90.8 Å². The second-order valence-corrected chi connectivity index (χ2v) is 29.0. The molecule has 0 aromatic carbocycles. The zero-order valence-corrected chi connectivity index (χ0v) is 68.6. The predicted molar refractivity (Wildman–Crippen MR) is 382 cm³/mol. The minimum absolute atomic E-state index is 0.00750. The third-order valence-corrected chi connectivity index (χ3v) is 18.9. The number of hydrogen-bond donors (Lipinski definition) is 28. The van der Waals surface area contributed by atoms with Crippen LogP contribution in [0, 0.1) is 0 Å². The third-order valence-electron chi connectivity index (χ3n) is 17.4. The van der Waals surface area contributed by atoms with Gasteiger partial charge in [0.25, 0.3) is 0 Å². The number of thioether (sulfide) groups is 1. The molecule has 764 valence electrons. The van der Waals surface area contributed by atoms with E-state index in [9.17, 15) is 124 Å². The highest BCUT2D eigenvalue weighted by Crippen LogP contribution is 2.36. The Kier molecular flexibility index (Phi) is 48.4. The van der Waals surface area contributed by atoms with Crippen LogP contribution in [0.25, 0.3) is 0 Å². The molecule has 22 atom stereocenters. The molecule has 0 bridgehead atoms. The number of amides is 4. The van der Waals surface area contributed by atoms with Crippen LogP contribution in [0.1, 0.15) is 57.1 Å². The summed E-state index contributed by atoms with van der Waals surface area (Å²) in [5.41, 5.74) is 69.9. The minimum atomic E-state index is -5.19. The highest BCUT2D eigenvalue weighted by Gasteiger charge is 2.58. The average Bonchev–Trinajstić information content (AvgIpc) is 1.76. The second-order valence-electron chi connectivity index (χ2n) is 27.7. The Bertz CT molecular complexity index is 3900. The molecule has 0 radical (unpaired) electrons. The number of aromatic nitrogens is 3. The van der Waals surface area contributed by atoms with Gasteiger partial charge in [0, 0.05) is 43.5 Å². The van der Waals surface area contributed by atoms with Crippen molar-refractivity contribution >= 4 is 101 Å². The molecule has 1 saturated carbocycles. The van der Waals surface area contributed by atoms with E-state index in [-0.39, 0.29) is 74.0 Å². The van der Waals surface area contributed by atoms with Gasteiger partial charge in [-0.15, -0.1) is 5.10 Å². The maximum absolute atomic E-state index is 13.5. The van der Waals surface area contributed by atoms with Crippen LogP contribution < -0.4 is 151 Å². The van der Waals surface area contributed by atoms with E-state index in [0.717, 1.165) is 44.3 Å². The van der Waals surface area contributed by atoms with Crippen molar-refractivity contribution in [1.82, 2.24) is 36.3 Å². The number of urea groups is 1. The first-order valence-corrected chi connectivity index (χ1v) is 38.2. The number of aryl methyl sites for hydroxylation is 1. The van der Waals surface area contributed by atoms with Crippen molar-refractivity contribution in [3.63, 3.8) is 0 Å². The fourth-order valence-electron chi connectivity index (χ4n) is 11.6. The SMILES string of the molecule is NC(N)=[NH+]C[C@@H]1O[C@H](O[C@H]2[C@@H](O)[C@H](O[C@@H]3[C@@H](O)[C@H]([NH+]=C(N)N)C[C@H]([NH+]=C(N)N)[C@H]3O[C@H]3O[C@H](C[NH+]=C(N)N)[C@@H](O)[C@H](O)[C@H]3[NH+]=C(N)N)O[C@@H]2CNC(=O)COCc2cn(CCCCCNC(=O)CCCC[C@@H]3SC[C@@H]4NC(=O)N[C@@H]43)nn2)[C@H]([NH+]=C(N)N)[C@@H](O)[C@@H]1O.O=C([O-])C(F)(F)F.O=C([O-])C(F)(F)F.O=C([O-])C(F)(F)F.O=C([O-])C(F)(F)F.O=C([O-])C(F)(F)F.O=C([O-])C(F)(F)F. The molecular formula is C61H95F18N25O28S. The largest absolute Gasteiger partial charge is 0.542 e. The third kappa shape index (κ3) is 44.2. The molecule has 0 spiro atoms. The summed E-state index contributed by atoms with van der Waals surface area (Å²) in [6, 6.07) is -4.87. The zero-order chi connectivity index (χ0) is 103. The molecular weight excluding hydrogens is 1900 g/mol. The summed E-state index contributed by atoms with van der Waals surface area (Å²) in [6.45, 7) is -0.510. The van der Waals surface area contributed by atoms with Crippen LogP contribution in [-0.2, 0) is 84.7 Å². The number of aliphatic hydroxyl groups excluding tert-OH is 6. The van der Waals surface area contributed by atoms with Gasteiger partial charge in [0.1, 0.15) is 133 Å². The van der Waals surface area contributed by atoms with E-state index in [4.69, 9.17) is 161 Å². The summed E-state index contributed by atoms with van der Waals surface area (Å²) in [5, 5.41) is 143. The van der Waals surface area contributed by atoms with Crippen LogP contribution in [-0.4, -0.2) is 344 Å². The lowest BCUT2D eigenvalue weighted by atomic mass is 9.83. The lowest BCUT2D eigenvalue weighted by molar-refractivity contribution is -0.595. The van der Waals surface area contributed by atoms with E-state index < -0.39 is 220 Å². The first-order valence-electron chi connectivity index (χ1n) is 37.1. The number of alkyl halides is 18. The molecule has 1 aromatic heterocycles. The maximum Gasteiger partial charge on any atom is 0.430 e. The Morgan fingerprint density at radius 3 is 1.30 bits per heavy atom. The van der Waals surface area contributed by atoms with Crippen molar-refractivity contribution in [1.29, 1.82) is 0 Å². The van der Waals surface area contributed by atoms with Crippen molar-refractivity contribution in [2.75, 3.05) is 38.5 Å². The number of guanidine groups is 6. The minimum Gasteiger partial charge on any atom is -0.542 e. The summed E-state index contributed by atoms with van der Waals surface area (Å²) in [5.74, 6) is -19.9. The molecule has 5 saturated heterocycles. The van der Waals surface area contributed by atoms with E-state index in [0.29, 0.717) is 30.5 Å². The Morgan fingerprint density at radius 1 is 0.481 bits per heavy atom. The number of nitrogens with zero attached hydrogens (tertiary/aromatic N) is 3. The molecule has 6 heterocycles. The first kappa shape index (κ1) is 119. The van der Waals surface area contributed by atoms with Crippen molar-refractivity contribution in [3.8, 4) is 0 Å². The predicted octanol–water partition coefficient (Wildman–Crippen LogP) is -27.8. The Hall–Kier alpha value is -11.6. The van der Waals surface area contributed by atoms with Crippen molar-refractivity contribution in [2.45, 2.75) is 235 Å². The number of carbonyl (C=O) groups is 9. The lowest BCUT2D eigenvalue weighted by Crippen LogP contribution is -2.96. The normalized spacial score (nSPS) is 27.0. The van der Waals surface area contributed by atoms with Gasteiger partial charge in [-0.05, 0) is 32.1 Å². The number of carboxylic acid groups (broad SMARTS) is 6. The van der Waals surface area contributed by atoms with E-state index in [2.05, 4.69) is 61.5 Å². The molecule has 5 aliphatic heterocycles. The standard InChI is InChI=1S/C49H89N25O16S.6C2HF3O2/c50-43(51)64-11-22-32(78)34(80)29(69-47(58)59)40(85-22)88-37-20(67-46(56)57)10-19(66-45(54)55)31(77)39(37)90-42-36(82)38(89-41-30(70-48(60)61)35(81)33(79)23(86-41)12-65-44(52)53)24(87-42)13-63-27(76)16-84-15-18-14-74(73-72-18)9-5-1-4-8-62-26(75)7-3-2-6-25-28-21(17-91-25)68-49(83)71-28;6*3-2(4,5)1(6)7/h14,19-25,28-42,77-82H,1-13,15-17H2,(H,62,75)(H,63,76)(H4,50,51,64)(H4,52,53,65)(H4,54,55,66)(H4,56,57,67)(H4,58,59,69)(H4,60,61,70)(H2,68,71,83);6*(H,6,7)/t19-,20+,21+,22-,23+,24-,25+,28+,29-,30-,31+,32-,33-,34-,35-,36-,37-,38-,39-,40-,41-,42+;;;;;;/m1....../s1. The molecule has 1 aliphatic carbocycles. The number of halogens is 18. The summed E-state index contributed by atoms with van der Waals surface area (Å²) in [7, 11) is 0. The molecule has 6 aliphatic rings. The highest BCUT2D eigenvalue weighted by atomic mass is 32.2. The quantitative estimate of drug-likeness (QED) is 0.0108. The molecule has 4 amide bonds. The summed E-state index contributed by atoms with van der Waals surface area (Å²) in [4.78, 5) is 106. The lowest BCUT2D eigenvalue weighted by Gasteiger charge is -2.46. The number of aliphatic hydroxyl groups is 6. The molecule has 7 rings (SSSR count). The second kappa shape index (κ2) is 53.9. The maximum atomic E-state index is 13.5. The molecule has 40 N–H and O–H groups in total. The van der Waals surface area contributed by atoms with Crippen LogP contribution in [0.2, 0.25) is 0 Å². The number of hydrogen-bond acceptors (Lipinski definition) is 31. The van der Waals surface area contributed by atoms with Crippen LogP contribution in [0.4, 0.5) is 83.8 Å². The number of rotatable bonds is 31. The summed E-state index contributed by atoms with van der Waals surface area (Å²) >= 11 is 1.86. The Labute approximate surface area is 736 Å². The van der Waals surface area contributed by atoms with Gasteiger partial charge in [-0.25, -0.2) is 4.79 Å². The van der Waals surface area contributed by atoms with Crippen molar-refractivity contribution in [3.05, 3.63) is 11.9 Å². The number of aliphatic carboxylic acids is 6. The van der Waals surface area contributed by atoms with Gasteiger partial charge < -0.3 is 144 Å². The van der Waals surface area contributed by atoms with E-state index >= 15 is 0 Å². The van der Waals surface area contributed by atoms with Gasteiger partial charge in [-0.3, -0.25) is 113 Å². The zero-order valence-electron chi connectivity index (χ0n) is 67.7. The Balaban J connectivity index is 0.00000173. The topological polar surface area (TPSA) is 953 Å². The Morgan fingerprint density at radius 2 is 0.887 bits per heavy atom. The van der Waals surface area contributed by atoms with Gasteiger partial charge in [0.15, 0.2) is 31.0 Å². The number of nitrogens with one attached hydrogen (secondary N) is 10. The highest BCUT2D eigenvalue weighted by molar-refractivity contribution is 8.00. The van der Waals surface area contributed by atoms with Gasteiger partial charge >= 0.3 is 78.8 Å². The van der Waals surface area contributed by atoms with E-state index in [1.807, 2.05) is 11.8 Å². The average molecular weight is 2000 g/mol. The summed E-state index contributed by atoms with van der Waals surface area (Å²) < 4.78 is 235. The number of nitrogens with two attached hydrogens (primary N) is 12. The van der Waals surface area contributed by atoms with E-state index in [1.54, 1.807) is 10.9 Å². The molecule has 1 aromatic rings. The van der Waals surface area contributed by atoms with Gasteiger partial charge in [-0.1, -0.05) is 11.6 Å². The smallest absolute Gasteiger partial charge is 0.430 e. The van der Waals surface area contributed by atoms with Crippen LogP contribution in [0.15, 0.2) is 6.20 Å². The first-order chi connectivity index (χ1) is 60.9. The van der Waals surface area contributed by atoms with Crippen molar-refractivity contribution in [2.24, 2.45) is 68.8 Å². The number of ether oxygens (including phenoxy) is 7. The monoisotopic (exact) mass is 2000 g/mol. The van der Waals surface area contributed by atoms with Crippen LogP contribution in [0.3, 0.4) is 0 Å². The number of fused-ring (bicyclic) bond motifs is 1. The van der Waals surface area contributed by atoms with E-state index in [1.165, 1.54) is 0 Å². The molecule has 72 heteroatoms.